The molecule has 3 rings (SSSR count). The molecule has 1 amide bonds. The maximum Gasteiger partial charge on any atom is 0.272 e. The zero-order valence-electron chi connectivity index (χ0n) is 18.0. The first-order valence-corrected chi connectivity index (χ1v) is 9.91. The normalized spacial score (nSPS) is 17.4. The number of aromatic nitrogens is 1. The molecule has 0 unspecified atom stereocenters. The van der Waals surface area contributed by atoms with Gasteiger partial charge < -0.3 is 14.6 Å². The number of rotatable bonds is 6. The van der Waals surface area contributed by atoms with Gasteiger partial charge in [0.1, 0.15) is 11.5 Å². The number of Topliss-reactive ketones (excluding diaryl/α,β-unsaturated/α-hetero) is 2. The molecular weight excluding hydrogens is 413 g/mol. The number of ketones is 2. The molecule has 1 atom stereocenters. The molecule has 32 heavy (non-hydrogen) atoms. The van der Waals surface area contributed by atoms with Crippen LogP contribution in [0, 0.1) is 44.0 Å². The van der Waals surface area contributed by atoms with Crippen molar-refractivity contribution in [3.63, 3.8) is 0 Å². The lowest BCUT2D eigenvalue weighted by Gasteiger charge is -2.18. The van der Waals surface area contributed by atoms with Gasteiger partial charge in [-0.3, -0.25) is 14.4 Å². The number of carbonyl (C=O) groups is 3. The lowest BCUT2D eigenvalue weighted by Crippen LogP contribution is -2.27. The predicted molar refractivity (Wildman–Crippen MR) is 116 cm³/mol. The van der Waals surface area contributed by atoms with Gasteiger partial charge in [0.15, 0.2) is 0 Å². The summed E-state index contributed by atoms with van der Waals surface area (Å²) in [6.07, 6.45) is 5.98. The van der Waals surface area contributed by atoms with Crippen LogP contribution in [0.4, 0.5) is 15.8 Å². The molecular formula is C24H22FN3O4. The molecule has 1 N–H and O–H groups in total. The standard InChI is InChI=1S/C24H22FN3O4/c1-6-24(9-10-32-13-24)12-19(29)22(30)20-14(2)21(28(5)15(20)3)23(31)27-16-7-8-17(25)18(11-16)26-4/h1,7-8,11H,9-10,12-13H2,2-3,5H3,(H,27,31)/t24-/m0/s1. The summed E-state index contributed by atoms with van der Waals surface area (Å²) >= 11 is 0. The second-order valence-corrected chi connectivity index (χ2v) is 7.88. The minimum absolute atomic E-state index is 0.118. The molecule has 0 radical (unpaired) electrons. The van der Waals surface area contributed by atoms with E-state index < -0.39 is 28.7 Å². The summed E-state index contributed by atoms with van der Waals surface area (Å²) in [7, 11) is 1.61. The van der Waals surface area contributed by atoms with Crippen molar-refractivity contribution in [2.45, 2.75) is 26.7 Å². The van der Waals surface area contributed by atoms with E-state index in [1.807, 2.05) is 0 Å². The average Bonchev–Trinajstić information content (AvgIpc) is 3.31. The Balaban J connectivity index is 1.89. The van der Waals surface area contributed by atoms with Crippen LogP contribution in [0.5, 0.6) is 0 Å². The molecule has 164 valence electrons. The highest BCUT2D eigenvalue weighted by molar-refractivity contribution is 6.44. The van der Waals surface area contributed by atoms with Gasteiger partial charge in [-0.05, 0) is 44.0 Å². The average molecular weight is 435 g/mol. The number of benzene rings is 1. The number of carbonyl (C=O) groups excluding carboxylic acids is 3. The van der Waals surface area contributed by atoms with Gasteiger partial charge in [-0.25, -0.2) is 9.24 Å². The number of nitrogens with zero attached hydrogens (tertiary/aromatic N) is 2. The van der Waals surface area contributed by atoms with Gasteiger partial charge >= 0.3 is 0 Å². The molecule has 0 saturated carbocycles. The van der Waals surface area contributed by atoms with Crippen molar-refractivity contribution < 1.29 is 23.5 Å². The van der Waals surface area contributed by atoms with Crippen molar-refractivity contribution in [3.05, 3.63) is 57.9 Å². The van der Waals surface area contributed by atoms with Gasteiger partial charge in [-0.2, -0.15) is 0 Å². The van der Waals surface area contributed by atoms with Gasteiger partial charge in [0.2, 0.25) is 17.3 Å². The third kappa shape index (κ3) is 4.05. The molecule has 2 heterocycles. The third-order valence-electron chi connectivity index (χ3n) is 5.86. The van der Waals surface area contributed by atoms with Crippen LogP contribution in [0.3, 0.4) is 0 Å². The maximum absolute atomic E-state index is 13.6. The van der Waals surface area contributed by atoms with Crippen LogP contribution in [0.25, 0.3) is 4.85 Å². The van der Waals surface area contributed by atoms with Crippen LogP contribution >= 0.6 is 0 Å². The monoisotopic (exact) mass is 435 g/mol. The smallest absolute Gasteiger partial charge is 0.272 e. The number of nitrogens with one attached hydrogen (secondary N) is 1. The van der Waals surface area contributed by atoms with Crippen LogP contribution in [0.15, 0.2) is 18.2 Å². The van der Waals surface area contributed by atoms with E-state index in [2.05, 4.69) is 16.1 Å². The fourth-order valence-corrected chi connectivity index (χ4v) is 3.94. The SMILES string of the molecule is [C-]#[N+]c1cc(NC(=O)c2c(C)c(C(=O)C(=O)C[C@]3(C#C)CCOC3)c(C)n2C)ccc1F. The van der Waals surface area contributed by atoms with E-state index in [4.69, 9.17) is 17.7 Å². The summed E-state index contributed by atoms with van der Waals surface area (Å²) in [5.74, 6) is 0.0392. The molecule has 1 aliphatic heterocycles. The zero-order valence-corrected chi connectivity index (χ0v) is 18.0. The third-order valence-corrected chi connectivity index (χ3v) is 5.86. The number of halogens is 1. The summed E-state index contributed by atoms with van der Waals surface area (Å²) in [6.45, 7) is 10.9. The van der Waals surface area contributed by atoms with Crippen molar-refractivity contribution in [2.24, 2.45) is 12.5 Å². The summed E-state index contributed by atoms with van der Waals surface area (Å²) < 4.78 is 20.4. The van der Waals surface area contributed by atoms with Crippen molar-refractivity contribution in [3.8, 4) is 12.3 Å². The molecule has 1 aromatic carbocycles. The van der Waals surface area contributed by atoms with Crippen LogP contribution in [0.2, 0.25) is 0 Å². The largest absolute Gasteiger partial charge is 0.380 e. The highest BCUT2D eigenvalue weighted by Crippen LogP contribution is 2.33. The number of ether oxygens (including phenoxy) is 1. The molecule has 7 nitrogen and oxygen atoms in total. The number of terminal acetylenes is 1. The fraction of sp³-hybridized carbons (Fsp3) is 0.333. The summed E-state index contributed by atoms with van der Waals surface area (Å²) in [5, 5.41) is 2.62. The Hall–Kier alpha value is -3.75. The molecule has 1 aromatic heterocycles. The van der Waals surface area contributed by atoms with E-state index in [0.717, 1.165) is 6.07 Å². The van der Waals surface area contributed by atoms with Crippen LogP contribution in [-0.2, 0) is 16.6 Å². The minimum Gasteiger partial charge on any atom is -0.380 e. The Morgan fingerprint density at radius 1 is 1.38 bits per heavy atom. The second kappa shape index (κ2) is 8.78. The van der Waals surface area contributed by atoms with Gasteiger partial charge in [0.05, 0.1) is 24.2 Å². The van der Waals surface area contributed by atoms with Gasteiger partial charge in [-0.1, -0.05) is 5.92 Å². The van der Waals surface area contributed by atoms with E-state index in [9.17, 15) is 18.8 Å². The lowest BCUT2D eigenvalue weighted by molar-refractivity contribution is -0.116. The Morgan fingerprint density at radius 2 is 2.09 bits per heavy atom. The highest BCUT2D eigenvalue weighted by atomic mass is 19.1. The molecule has 0 bridgehead atoms. The van der Waals surface area contributed by atoms with Crippen LogP contribution in [-0.4, -0.2) is 35.3 Å². The Morgan fingerprint density at radius 3 is 2.69 bits per heavy atom. The second-order valence-electron chi connectivity index (χ2n) is 7.88. The Bertz CT molecular complexity index is 1210. The fourth-order valence-electron chi connectivity index (χ4n) is 3.94. The van der Waals surface area contributed by atoms with Gasteiger partial charge in [-0.15, -0.1) is 6.42 Å². The number of amides is 1. The maximum atomic E-state index is 13.6. The molecule has 0 spiro atoms. The van der Waals surface area contributed by atoms with Crippen molar-refractivity contribution in [2.75, 3.05) is 18.5 Å². The molecule has 1 saturated heterocycles. The zero-order chi connectivity index (χ0) is 23.6. The van der Waals surface area contributed by atoms with E-state index in [1.54, 1.807) is 20.9 Å². The number of hydrogen-bond donors (Lipinski definition) is 1. The van der Waals surface area contributed by atoms with E-state index in [1.165, 1.54) is 16.7 Å². The van der Waals surface area contributed by atoms with Gasteiger partial charge in [0, 0.05) is 31.5 Å². The van der Waals surface area contributed by atoms with Crippen LogP contribution < -0.4 is 5.32 Å². The predicted octanol–water partition coefficient (Wildman–Crippen LogP) is 3.77. The Labute approximate surface area is 185 Å². The molecule has 8 heteroatoms. The lowest BCUT2D eigenvalue weighted by atomic mass is 9.81. The quantitative estimate of drug-likeness (QED) is 0.324. The first-order valence-electron chi connectivity index (χ1n) is 9.91. The van der Waals surface area contributed by atoms with Crippen molar-refractivity contribution in [1.29, 1.82) is 0 Å². The molecule has 2 aromatic rings. The first kappa shape index (κ1) is 22.9. The highest BCUT2D eigenvalue weighted by Gasteiger charge is 2.38. The molecule has 0 aliphatic carbocycles. The number of anilines is 1. The van der Waals surface area contributed by atoms with E-state index in [0.29, 0.717) is 24.3 Å². The summed E-state index contributed by atoms with van der Waals surface area (Å²) in [6, 6.07) is 3.66. The number of hydrogen-bond acceptors (Lipinski definition) is 4. The van der Waals surface area contributed by atoms with E-state index >= 15 is 0 Å². The van der Waals surface area contributed by atoms with Crippen molar-refractivity contribution in [1.82, 2.24) is 4.57 Å². The molecule has 1 fully saturated rings. The van der Waals surface area contributed by atoms with E-state index in [-0.39, 0.29) is 35.7 Å². The first-order chi connectivity index (χ1) is 15.1. The van der Waals surface area contributed by atoms with Crippen LogP contribution in [0.1, 0.15) is 44.9 Å². The van der Waals surface area contributed by atoms with Gasteiger partial charge in [0.25, 0.3) is 5.91 Å². The van der Waals surface area contributed by atoms with Crippen molar-refractivity contribution >= 4 is 28.8 Å². The summed E-state index contributed by atoms with van der Waals surface area (Å²) in [5.41, 5.74) is 0.393. The Kier molecular flexibility index (Phi) is 6.29. The summed E-state index contributed by atoms with van der Waals surface area (Å²) in [4.78, 5) is 41.8. The molecule has 1 aliphatic rings. The topological polar surface area (TPSA) is 81.8 Å². The minimum atomic E-state index is -0.785.